The number of furan rings is 1. The van der Waals surface area contributed by atoms with Crippen molar-refractivity contribution in [3.05, 3.63) is 46.0 Å². The molecule has 0 fully saturated rings. The maximum absolute atomic E-state index is 12.7. The number of amides is 1. The van der Waals surface area contributed by atoms with Gasteiger partial charge in [-0.1, -0.05) is 0 Å². The van der Waals surface area contributed by atoms with Crippen LogP contribution in [0, 0.1) is 0 Å². The average molecular weight is 347 g/mol. The molecule has 0 atom stereocenters. The fourth-order valence-corrected chi connectivity index (χ4v) is 2.72. The molecule has 124 valence electrons. The molecule has 23 heavy (non-hydrogen) atoms. The van der Waals surface area contributed by atoms with E-state index < -0.39 is 24.6 Å². The van der Waals surface area contributed by atoms with Gasteiger partial charge in [-0.2, -0.15) is 13.2 Å². The van der Waals surface area contributed by atoms with Gasteiger partial charge in [0.25, 0.3) is 5.91 Å². The van der Waals surface area contributed by atoms with Crippen LogP contribution in [0.15, 0.2) is 34.9 Å². The molecule has 2 aromatic rings. The molecule has 0 N–H and O–H groups in total. The van der Waals surface area contributed by atoms with Gasteiger partial charge >= 0.3 is 12.1 Å². The third kappa shape index (κ3) is 4.59. The predicted octanol–water partition coefficient (Wildman–Crippen LogP) is 3.33. The number of halogens is 3. The van der Waals surface area contributed by atoms with Crippen LogP contribution in [-0.4, -0.2) is 36.6 Å². The summed E-state index contributed by atoms with van der Waals surface area (Å²) in [6.45, 7) is -1.74. The molecular formula is C14H12F3NO4S. The molecule has 2 rings (SSSR count). The normalized spacial score (nSPS) is 11.3. The van der Waals surface area contributed by atoms with E-state index in [-0.39, 0.29) is 22.1 Å². The van der Waals surface area contributed by atoms with Gasteiger partial charge in [-0.05, 0) is 24.3 Å². The first kappa shape index (κ1) is 17.1. The van der Waals surface area contributed by atoms with Crippen molar-refractivity contribution in [3.8, 4) is 0 Å². The van der Waals surface area contributed by atoms with Crippen LogP contribution >= 0.6 is 11.3 Å². The smallest absolute Gasteiger partial charge is 0.406 e. The van der Waals surface area contributed by atoms with Crippen molar-refractivity contribution in [3.63, 3.8) is 0 Å². The third-order valence-corrected chi connectivity index (χ3v) is 3.84. The molecule has 0 spiro atoms. The minimum atomic E-state index is -4.55. The van der Waals surface area contributed by atoms with Crippen molar-refractivity contribution in [2.45, 2.75) is 12.7 Å². The number of hydrogen-bond acceptors (Lipinski definition) is 5. The van der Waals surface area contributed by atoms with Crippen LogP contribution in [0.2, 0.25) is 0 Å². The molecule has 0 aliphatic heterocycles. The zero-order valence-electron chi connectivity index (χ0n) is 11.9. The van der Waals surface area contributed by atoms with Crippen molar-refractivity contribution < 1.29 is 31.9 Å². The van der Waals surface area contributed by atoms with Crippen molar-refractivity contribution in [1.29, 1.82) is 0 Å². The zero-order valence-corrected chi connectivity index (χ0v) is 12.7. The Morgan fingerprint density at radius 3 is 2.52 bits per heavy atom. The topological polar surface area (TPSA) is 59.8 Å². The maximum Gasteiger partial charge on any atom is 0.406 e. The monoisotopic (exact) mass is 347 g/mol. The fourth-order valence-electron chi connectivity index (χ4n) is 1.83. The molecule has 0 radical (unpaired) electrons. The van der Waals surface area contributed by atoms with E-state index in [2.05, 4.69) is 4.74 Å². The van der Waals surface area contributed by atoms with Gasteiger partial charge in [0.1, 0.15) is 17.2 Å². The van der Waals surface area contributed by atoms with Gasteiger partial charge in [0.05, 0.1) is 24.8 Å². The summed E-state index contributed by atoms with van der Waals surface area (Å²) in [5, 5.41) is 0. The Balaban J connectivity index is 2.21. The van der Waals surface area contributed by atoms with E-state index in [1.54, 1.807) is 0 Å². The first-order chi connectivity index (χ1) is 10.8. The fraction of sp³-hybridized carbons (Fsp3) is 0.286. The summed E-state index contributed by atoms with van der Waals surface area (Å²) < 4.78 is 47.6. The number of alkyl halides is 3. The van der Waals surface area contributed by atoms with Gasteiger partial charge < -0.3 is 14.1 Å². The zero-order chi connectivity index (χ0) is 17.0. The molecule has 0 unspecified atom stereocenters. The van der Waals surface area contributed by atoms with Gasteiger partial charge in [0.15, 0.2) is 0 Å². The Labute approximate surface area is 133 Å². The number of carbonyl (C=O) groups is 2. The summed E-state index contributed by atoms with van der Waals surface area (Å²) in [5.74, 6) is -1.26. The van der Waals surface area contributed by atoms with Crippen LogP contribution < -0.4 is 0 Å². The van der Waals surface area contributed by atoms with Crippen LogP contribution in [0.3, 0.4) is 0 Å². The maximum atomic E-state index is 12.7. The molecule has 5 nitrogen and oxygen atoms in total. The molecule has 0 saturated heterocycles. The van der Waals surface area contributed by atoms with Crippen molar-refractivity contribution in [1.82, 2.24) is 4.90 Å². The second-order valence-corrected chi connectivity index (χ2v) is 5.60. The van der Waals surface area contributed by atoms with E-state index in [1.807, 2.05) is 0 Å². The lowest BCUT2D eigenvalue weighted by Crippen LogP contribution is -2.38. The largest absolute Gasteiger partial charge is 0.467 e. The van der Waals surface area contributed by atoms with Crippen molar-refractivity contribution >= 4 is 23.2 Å². The number of nitrogens with zero attached hydrogens (tertiary/aromatic N) is 1. The summed E-state index contributed by atoms with van der Waals surface area (Å²) in [6, 6.07) is 5.63. The molecule has 0 aromatic carbocycles. The highest BCUT2D eigenvalue weighted by molar-refractivity contribution is 7.15. The van der Waals surface area contributed by atoms with E-state index in [1.165, 1.54) is 37.6 Å². The highest BCUT2D eigenvalue weighted by Crippen LogP contribution is 2.24. The van der Waals surface area contributed by atoms with Crippen LogP contribution in [-0.2, 0) is 11.3 Å². The van der Waals surface area contributed by atoms with Gasteiger partial charge in [0, 0.05) is 0 Å². The number of thiophene rings is 1. The number of methoxy groups -OCH3 is 1. The van der Waals surface area contributed by atoms with Gasteiger partial charge in [-0.25, -0.2) is 4.79 Å². The summed E-state index contributed by atoms with van der Waals surface area (Å²) in [4.78, 5) is 24.5. The Bertz CT molecular complexity index is 679. The Hall–Kier alpha value is -2.29. The molecule has 9 heteroatoms. The molecular weight excluding hydrogens is 335 g/mol. The van der Waals surface area contributed by atoms with E-state index in [0.29, 0.717) is 4.90 Å². The van der Waals surface area contributed by atoms with Crippen LogP contribution in [0.5, 0.6) is 0 Å². The van der Waals surface area contributed by atoms with Crippen LogP contribution in [0.1, 0.15) is 25.1 Å². The highest BCUT2D eigenvalue weighted by Gasteiger charge is 2.34. The number of hydrogen-bond donors (Lipinski definition) is 0. The molecule has 0 saturated carbocycles. The number of rotatable bonds is 5. The average Bonchev–Trinajstić information content (AvgIpc) is 3.14. The molecule has 2 aromatic heterocycles. The van der Waals surface area contributed by atoms with Crippen LogP contribution in [0.4, 0.5) is 13.2 Å². The first-order valence-corrected chi connectivity index (χ1v) is 7.18. The molecule has 0 bridgehead atoms. The Morgan fingerprint density at radius 2 is 1.96 bits per heavy atom. The van der Waals surface area contributed by atoms with Gasteiger partial charge in [0.2, 0.25) is 0 Å². The minimum absolute atomic E-state index is 0.0150. The summed E-state index contributed by atoms with van der Waals surface area (Å²) in [7, 11) is 1.18. The van der Waals surface area contributed by atoms with Gasteiger partial charge in [-0.15, -0.1) is 11.3 Å². The second kappa shape index (κ2) is 6.86. The first-order valence-electron chi connectivity index (χ1n) is 6.36. The highest BCUT2D eigenvalue weighted by atomic mass is 32.1. The molecule has 2 heterocycles. The van der Waals surface area contributed by atoms with E-state index in [4.69, 9.17) is 4.42 Å². The lowest BCUT2D eigenvalue weighted by molar-refractivity contribution is -0.142. The Kier molecular flexibility index (Phi) is 5.09. The summed E-state index contributed by atoms with van der Waals surface area (Å²) in [5.41, 5.74) is 0. The third-order valence-electron chi connectivity index (χ3n) is 2.79. The molecule has 1 amide bonds. The van der Waals surface area contributed by atoms with E-state index in [0.717, 1.165) is 11.3 Å². The summed E-state index contributed by atoms with van der Waals surface area (Å²) >= 11 is 0.777. The van der Waals surface area contributed by atoms with Crippen LogP contribution in [0.25, 0.3) is 0 Å². The SMILES string of the molecule is COC(=O)c1ccc(C(=O)N(Cc2ccco2)CC(F)(F)F)s1. The Morgan fingerprint density at radius 1 is 1.26 bits per heavy atom. The second-order valence-electron chi connectivity index (χ2n) is 4.51. The minimum Gasteiger partial charge on any atom is -0.467 e. The lowest BCUT2D eigenvalue weighted by Gasteiger charge is -2.22. The lowest BCUT2D eigenvalue weighted by atomic mass is 10.3. The van der Waals surface area contributed by atoms with Gasteiger partial charge in [-0.3, -0.25) is 4.79 Å². The molecule has 0 aliphatic carbocycles. The number of carbonyl (C=O) groups excluding carboxylic acids is 2. The molecule has 0 aliphatic rings. The van der Waals surface area contributed by atoms with Crippen molar-refractivity contribution in [2.75, 3.05) is 13.7 Å². The predicted molar refractivity (Wildman–Crippen MR) is 75.2 cm³/mol. The van der Waals surface area contributed by atoms with E-state index in [9.17, 15) is 22.8 Å². The summed E-state index contributed by atoms with van der Waals surface area (Å²) in [6.07, 6.45) is -3.24. The quantitative estimate of drug-likeness (QED) is 0.779. The van der Waals surface area contributed by atoms with E-state index >= 15 is 0 Å². The number of esters is 1. The standard InChI is InChI=1S/C14H12F3NO4S/c1-21-13(20)11-5-4-10(23-11)12(19)18(8-14(15,16)17)7-9-3-2-6-22-9/h2-6H,7-8H2,1H3. The van der Waals surface area contributed by atoms with Crippen molar-refractivity contribution in [2.24, 2.45) is 0 Å². The number of ether oxygens (including phenoxy) is 1.